The van der Waals surface area contributed by atoms with E-state index in [2.05, 4.69) is 17.0 Å². The minimum atomic E-state index is -4.40. The molecule has 4 heterocycles. The SMILES string of the molecule is C[C@@H]1C2CC(C2)N(C(=O)c2nn(C)cc2-c2ccccc2)C1CCc1ccc(C(F)(F)F)cn1. The molecule has 1 aliphatic carbocycles. The molecule has 2 bridgehead atoms. The van der Waals surface area contributed by atoms with Gasteiger partial charge in [0.1, 0.15) is 0 Å². The number of hydrogen-bond acceptors (Lipinski definition) is 3. The maximum absolute atomic E-state index is 13.9. The number of benzene rings is 1. The Balaban J connectivity index is 1.39. The van der Waals surface area contributed by atoms with Gasteiger partial charge in [0.15, 0.2) is 5.69 Å². The van der Waals surface area contributed by atoms with Crippen molar-refractivity contribution in [2.24, 2.45) is 18.9 Å². The highest BCUT2D eigenvalue weighted by Crippen LogP contribution is 2.48. The molecule has 1 aromatic carbocycles. The molecule has 1 amide bonds. The van der Waals surface area contributed by atoms with Crippen molar-refractivity contribution in [2.75, 3.05) is 0 Å². The van der Waals surface area contributed by atoms with Gasteiger partial charge < -0.3 is 4.90 Å². The van der Waals surface area contributed by atoms with Crippen LogP contribution in [0.2, 0.25) is 0 Å². The summed E-state index contributed by atoms with van der Waals surface area (Å²) in [4.78, 5) is 19.9. The van der Waals surface area contributed by atoms with E-state index < -0.39 is 11.7 Å². The van der Waals surface area contributed by atoms with E-state index in [4.69, 9.17) is 0 Å². The number of aryl methyl sites for hydroxylation is 2. The van der Waals surface area contributed by atoms with Crippen molar-refractivity contribution in [3.05, 3.63) is 71.8 Å². The zero-order valence-corrected chi connectivity index (χ0v) is 19.2. The fourth-order valence-electron chi connectivity index (χ4n) is 5.48. The first-order valence-corrected chi connectivity index (χ1v) is 11.7. The Bertz CT molecular complexity index is 1170. The van der Waals surface area contributed by atoms with Crippen molar-refractivity contribution in [2.45, 2.75) is 50.9 Å². The quantitative estimate of drug-likeness (QED) is 0.506. The van der Waals surface area contributed by atoms with E-state index in [0.29, 0.717) is 36.1 Å². The molecule has 0 spiro atoms. The second-order valence-corrected chi connectivity index (χ2v) is 9.53. The number of aromatic nitrogens is 3. The minimum Gasteiger partial charge on any atom is -0.331 e. The molecule has 3 fully saturated rings. The number of carbonyl (C=O) groups is 1. The smallest absolute Gasteiger partial charge is 0.331 e. The van der Waals surface area contributed by atoms with Crippen LogP contribution >= 0.6 is 0 Å². The Morgan fingerprint density at radius 3 is 2.50 bits per heavy atom. The molecule has 1 unspecified atom stereocenters. The van der Waals surface area contributed by atoms with Crippen LogP contribution in [0.25, 0.3) is 11.1 Å². The van der Waals surface area contributed by atoms with Gasteiger partial charge in [0, 0.05) is 42.8 Å². The van der Waals surface area contributed by atoms with Crippen LogP contribution in [-0.2, 0) is 19.6 Å². The van der Waals surface area contributed by atoms with E-state index in [9.17, 15) is 18.0 Å². The number of halogens is 3. The molecule has 2 atom stereocenters. The summed E-state index contributed by atoms with van der Waals surface area (Å²) >= 11 is 0. The molecule has 2 saturated heterocycles. The summed E-state index contributed by atoms with van der Waals surface area (Å²) < 4.78 is 40.3. The van der Waals surface area contributed by atoms with Gasteiger partial charge in [-0.2, -0.15) is 18.3 Å². The molecule has 8 heteroatoms. The van der Waals surface area contributed by atoms with E-state index in [1.165, 1.54) is 6.07 Å². The van der Waals surface area contributed by atoms with Gasteiger partial charge in [0.25, 0.3) is 5.91 Å². The van der Waals surface area contributed by atoms with Gasteiger partial charge in [0.2, 0.25) is 0 Å². The van der Waals surface area contributed by atoms with Crippen LogP contribution in [0.5, 0.6) is 0 Å². The van der Waals surface area contributed by atoms with Gasteiger partial charge in [-0.1, -0.05) is 37.3 Å². The number of alkyl halides is 3. The highest BCUT2D eigenvalue weighted by Gasteiger charge is 2.51. The van der Waals surface area contributed by atoms with Crippen LogP contribution in [0.4, 0.5) is 13.2 Å². The number of pyridine rings is 1. The molecule has 34 heavy (non-hydrogen) atoms. The fourth-order valence-corrected chi connectivity index (χ4v) is 5.48. The molecule has 0 radical (unpaired) electrons. The Morgan fingerprint density at radius 1 is 1.12 bits per heavy atom. The number of fused-ring (bicyclic) bond motifs is 2. The Kier molecular flexibility index (Phi) is 5.70. The Morgan fingerprint density at radius 2 is 1.85 bits per heavy atom. The van der Waals surface area contributed by atoms with Crippen LogP contribution in [0.3, 0.4) is 0 Å². The summed E-state index contributed by atoms with van der Waals surface area (Å²) in [7, 11) is 1.81. The minimum absolute atomic E-state index is 0.000257. The number of piperidine rings is 2. The fraction of sp³-hybridized carbons (Fsp3) is 0.423. The zero-order chi connectivity index (χ0) is 24.0. The zero-order valence-electron chi connectivity index (χ0n) is 19.2. The molecular formula is C26H27F3N4O. The molecule has 178 valence electrons. The summed E-state index contributed by atoms with van der Waals surface area (Å²) in [6.45, 7) is 2.18. The summed E-state index contributed by atoms with van der Waals surface area (Å²) in [5, 5.41) is 4.53. The second kappa shape index (κ2) is 8.56. The van der Waals surface area contributed by atoms with E-state index >= 15 is 0 Å². The van der Waals surface area contributed by atoms with Crippen LogP contribution in [-0.4, -0.2) is 37.7 Å². The third-order valence-corrected chi connectivity index (χ3v) is 7.45. The number of rotatable bonds is 5. The third kappa shape index (κ3) is 4.10. The van der Waals surface area contributed by atoms with Crippen molar-refractivity contribution in [1.82, 2.24) is 19.7 Å². The van der Waals surface area contributed by atoms with Gasteiger partial charge in [-0.3, -0.25) is 14.5 Å². The summed E-state index contributed by atoms with van der Waals surface area (Å²) in [5.41, 5.74) is 2.06. The standard InChI is InChI=1S/C26H27F3N4O/c1-16-18-12-21(13-18)33(23(16)11-10-20-9-8-19(14-30-20)26(27,28)29)25(34)24-22(15-32(2)31-24)17-6-4-3-5-7-17/h3-9,14-16,18,21,23H,10-13H2,1-2H3/t16-,18?,21?,23?/m1/s1. The maximum atomic E-state index is 13.9. The van der Waals surface area contributed by atoms with E-state index in [1.807, 2.05) is 48.5 Å². The van der Waals surface area contributed by atoms with Gasteiger partial charge in [0.05, 0.1) is 5.56 Å². The lowest BCUT2D eigenvalue weighted by molar-refractivity contribution is -0.137. The van der Waals surface area contributed by atoms with Crippen LogP contribution in [0, 0.1) is 11.8 Å². The lowest BCUT2D eigenvalue weighted by atomic mass is 9.64. The number of nitrogens with zero attached hydrogens (tertiary/aromatic N) is 4. The molecule has 3 aromatic rings. The molecular weight excluding hydrogens is 441 g/mol. The van der Waals surface area contributed by atoms with Crippen molar-refractivity contribution in [3.63, 3.8) is 0 Å². The highest BCUT2D eigenvalue weighted by atomic mass is 19.4. The number of amides is 1. The van der Waals surface area contributed by atoms with E-state index in [0.717, 1.165) is 36.2 Å². The molecule has 2 aliphatic heterocycles. The average Bonchev–Trinajstić information content (AvgIpc) is 3.18. The molecule has 2 aromatic heterocycles. The van der Waals surface area contributed by atoms with E-state index in [1.54, 1.807) is 4.68 Å². The predicted octanol–water partition coefficient (Wildman–Crippen LogP) is 5.37. The van der Waals surface area contributed by atoms with Crippen LogP contribution in [0.1, 0.15) is 47.9 Å². The first-order chi connectivity index (χ1) is 16.2. The molecule has 5 nitrogen and oxygen atoms in total. The maximum Gasteiger partial charge on any atom is 0.417 e. The lowest BCUT2D eigenvalue weighted by Gasteiger charge is -2.57. The van der Waals surface area contributed by atoms with Gasteiger partial charge >= 0.3 is 6.18 Å². The van der Waals surface area contributed by atoms with Crippen molar-refractivity contribution >= 4 is 5.91 Å². The summed E-state index contributed by atoms with van der Waals surface area (Å²) in [5.74, 6) is 0.823. The number of hydrogen-bond donors (Lipinski definition) is 0. The Hall–Kier alpha value is -3.16. The van der Waals surface area contributed by atoms with Crippen LogP contribution in [0.15, 0.2) is 54.9 Å². The summed E-state index contributed by atoms with van der Waals surface area (Å²) in [6, 6.07) is 12.5. The van der Waals surface area contributed by atoms with Crippen LogP contribution < -0.4 is 0 Å². The van der Waals surface area contributed by atoms with Crippen molar-refractivity contribution in [1.29, 1.82) is 0 Å². The highest BCUT2D eigenvalue weighted by molar-refractivity contribution is 5.99. The second-order valence-electron chi connectivity index (χ2n) is 9.53. The first kappa shape index (κ1) is 22.6. The molecule has 3 aliphatic rings. The monoisotopic (exact) mass is 468 g/mol. The molecule has 6 rings (SSSR count). The van der Waals surface area contributed by atoms with Crippen molar-refractivity contribution < 1.29 is 18.0 Å². The van der Waals surface area contributed by atoms with Crippen molar-refractivity contribution in [3.8, 4) is 11.1 Å². The largest absolute Gasteiger partial charge is 0.417 e. The topological polar surface area (TPSA) is 51.0 Å². The van der Waals surface area contributed by atoms with E-state index in [-0.39, 0.29) is 18.0 Å². The Labute approximate surface area is 196 Å². The molecule has 0 N–H and O–H groups in total. The van der Waals surface area contributed by atoms with Gasteiger partial charge in [-0.15, -0.1) is 0 Å². The first-order valence-electron chi connectivity index (χ1n) is 11.7. The lowest BCUT2D eigenvalue weighted by Crippen LogP contribution is -2.63. The predicted molar refractivity (Wildman–Crippen MR) is 122 cm³/mol. The average molecular weight is 469 g/mol. The summed E-state index contributed by atoms with van der Waals surface area (Å²) in [6.07, 6.45) is 1.54. The number of carbonyl (C=O) groups excluding carboxylic acids is 1. The third-order valence-electron chi connectivity index (χ3n) is 7.45. The van der Waals surface area contributed by atoms with Gasteiger partial charge in [-0.25, -0.2) is 0 Å². The molecule has 1 saturated carbocycles. The van der Waals surface area contributed by atoms with Gasteiger partial charge in [-0.05, 0) is 55.2 Å². The normalized spacial score (nSPS) is 24.1.